The molecule has 0 spiro atoms. The van der Waals surface area contributed by atoms with Crippen molar-refractivity contribution < 1.29 is 14.2 Å². The summed E-state index contributed by atoms with van der Waals surface area (Å²) in [5, 5.41) is 1.80. The molecular weight excluding hydrogens is 376 g/mol. The van der Waals surface area contributed by atoms with E-state index in [-0.39, 0.29) is 0 Å². The first-order valence-corrected chi connectivity index (χ1v) is 9.59. The molecule has 0 bridgehead atoms. The van der Waals surface area contributed by atoms with Crippen molar-refractivity contribution in [2.24, 2.45) is 0 Å². The lowest BCUT2D eigenvalue weighted by Gasteiger charge is -2.46. The number of rotatable bonds is 6. The lowest BCUT2D eigenvalue weighted by molar-refractivity contribution is -0.377. The van der Waals surface area contributed by atoms with E-state index >= 15 is 0 Å². The van der Waals surface area contributed by atoms with Gasteiger partial charge in [-0.1, -0.05) is 31.9 Å². The first-order chi connectivity index (χ1) is 9.24. The van der Waals surface area contributed by atoms with Crippen LogP contribution in [0, 0.1) is 0 Å². The van der Waals surface area contributed by atoms with Crippen molar-refractivity contribution in [3.63, 3.8) is 0 Å². The molecule has 5 heteroatoms. The molecule has 0 aliphatic carbocycles. The molecule has 0 radical (unpaired) electrons. The maximum absolute atomic E-state index is 6.48. The maximum Gasteiger partial charge on any atom is 0.172 e. The lowest BCUT2D eigenvalue weighted by Crippen LogP contribution is -2.51. The second-order valence-corrected chi connectivity index (χ2v) is 7.00. The Bertz CT molecular complexity index is 224. The molecule has 19 heavy (non-hydrogen) atoms. The van der Waals surface area contributed by atoms with Crippen LogP contribution in [0.2, 0.25) is 0 Å². The molecule has 0 aromatic rings. The fourth-order valence-electron chi connectivity index (χ4n) is 2.94. The average Bonchev–Trinajstić information content (AvgIpc) is 2.41. The third-order valence-electron chi connectivity index (χ3n) is 3.96. The topological polar surface area (TPSA) is 27.7 Å². The van der Waals surface area contributed by atoms with Gasteiger partial charge in [0, 0.05) is 36.3 Å². The molecule has 2 atom stereocenters. The molecule has 2 fully saturated rings. The second kappa shape index (κ2) is 7.74. The van der Waals surface area contributed by atoms with Crippen molar-refractivity contribution in [3.8, 4) is 0 Å². The van der Waals surface area contributed by atoms with Crippen molar-refractivity contribution in [3.05, 3.63) is 0 Å². The van der Waals surface area contributed by atoms with Gasteiger partial charge in [0.2, 0.25) is 0 Å². The van der Waals surface area contributed by atoms with E-state index in [4.69, 9.17) is 14.2 Å². The second-order valence-electron chi connectivity index (χ2n) is 5.41. The number of hydrogen-bond donors (Lipinski definition) is 0. The summed E-state index contributed by atoms with van der Waals surface area (Å²) in [5.41, 5.74) is 0. The minimum absolute atomic E-state index is 0.443. The summed E-state index contributed by atoms with van der Waals surface area (Å²) in [5.74, 6) is -0.886. The van der Waals surface area contributed by atoms with E-state index in [1.165, 1.54) is 12.8 Å². The fraction of sp³-hybridized carbons (Fsp3) is 1.00. The highest BCUT2D eigenvalue weighted by Crippen LogP contribution is 2.40. The summed E-state index contributed by atoms with van der Waals surface area (Å²) >= 11 is 7.06. The Morgan fingerprint density at radius 3 is 1.58 bits per heavy atom. The molecule has 2 unspecified atom stereocenters. The third-order valence-corrected chi connectivity index (χ3v) is 4.75. The van der Waals surface area contributed by atoms with Gasteiger partial charge in [-0.3, -0.25) is 0 Å². The Kier molecular flexibility index (Phi) is 6.60. The normalized spacial score (nSPS) is 36.3. The van der Waals surface area contributed by atoms with Crippen molar-refractivity contribution in [2.45, 2.75) is 62.9 Å². The SMILES string of the molecule is BrCCC1(OC2(CCBr)CCCCO2)CCCCO1. The Morgan fingerprint density at radius 1 is 0.789 bits per heavy atom. The van der Waals surface area contributed by atoms with E-state index in [1.54, 1.807) is 0 Å². The quantitative estimate of drug-likeness (QED) is 0.620. The van der Waals surface area contributed by atoms with E-state index in [9.17, 15) is 0 Å². The van der Waals surface area contributed by atoms with Gasteiger partial charge in [-0.25, -0.2) is 0 Å². The van der Waals surface area contributed by atoms with E-state index < -0.39 is 11.6 Å². The minimum Gasteiger partial charge on any atom is -0.350 e. The Hall–Kier alpha value is 0.840. The number of ether oxygens (including phenoxy) is 3. The van der Waals surface area contributed by atoms with Crippen LogP contribution in [0.1, 0.15) is 51.4 Å². The van der Waals surface area contributed by atoms with Crippen LogP contribution in [-0.4, -0.2) is 35.4 Å². The third kappa shape index (κ3) is 4.40. The predicted molar refractivity (Wildman–Crippen MR) is 83.0 cm³/mol. The zero-order chi connectivity index (χ0) is 13.6. The van der Waals surface area contributed by atoms with Gasteiger partial charge < -0.3 is 14.2 Å². The van der Waals surface area contributed by atoms with Crippen LogP contribution >= 0.6 is 31.9 Å². The molecule has 0 N–H and O–H groups in total. The highest BCUT2D eigenvalue weighted by atomic mass is 79.9. The van der Waals surface area contributed by atoms with E-state index in [1.807, 2.05) is 0 Å². The predicted octanol–water partition coefficient (Wildman–Crippen LogP) is 4.37. The molecule has 0 aromatic carbocycles. The van der Waals surface area contributed by atoms with E-state index in [0.717, 1.165) is 62.4 Å². The van der Waals surface area contributed by atoms with Crippen molar-refractivity contribution >= 4 is 31.9 Å². The molecule has 2 saturated heterocycles. The van der Waals surface area contributed by atoms with E-state index in [2.05, 4.69) is 31.9 Å². The molecule has 0 aromatic heterocycles. The van der Waals surface area contributed by atoms with Gasteiger partial charge in [-0.15, -0.1) is 0 Å². The molecule has 2 aliphatic rings. The first-order valence-electron chi connectivity index (χ1n) is 7.34. The van der Waals surface area contributed by atoms with Crippen LogP contribution in [0.3, 0.4) is 0 Å². The molecule has 2 heterocycles. The van der Waals surface area contributed by atoms with Crippen LogP contribution in [0.4, 0.5) is 0 Å². The molecule has 2 aliphatic heterocycles. The first kappa shape index (κ1) is 16.2. The van der Waals surface area contributed by atoms with Crippen LogP contribution < -0.4 is 0 Å². The smallest absolute Gasteiger partial charge is 0.172 e. The summed E-state index contributed by atoms with van der Waals surface area (Å²) in [7, 11) is 0. The molecule has 0 saturated carbocycles. The highest BCUT2D eigenvalue weighted by Gasteiger charge is 2.44. The molecule has 112 valence electrons. The van der Waals surface area contributed by atoms with Crippen molar-refractivity contribution in [2.75, 3.05) is 23.9 Å². The summed E-state index contributed by atoms with van der Waals surface area (Å²) in [6, 6.07) is 0. The van der Waals surface area contributed by atoms with Crippen molar-refractivity contribution in [1.29, 1.82) is 0 Å². The van der Waals surface area contributed by atoms with Crippen LogP contribution in [0.25, 0.3) is 0 Å². The van der Waals surface area contributed by atoms with Gasteiger partial charge in [-0.2, -0.15) is 0 Å². The summed E-state index contributed by atoms with van der Waals surface area (Å²) < 4.78 is 18.5. The zero-order valence-corrected chi connectivity index (χ0v) is 14.6. The molecule has 2 rings (SSSR count). The van der Waals surface area contributed by atoms with Crippen molar-refractivity contribution in [1.82, 2.24) is 0 Å². The number of hydrogen-bond acceptors (Lipinski definition) is 3. The zero-order valence-electron chi connectivity index (χ0n) is 11.5. The number of alkyl halides is 2. The van der Waals surface area contributed by atoms with Gasteiger partial charge in [-0.05, 0) is 25.7 Å². The Balaban J connectivity index is 2.07. The van der Waals surface area contributed by atoms with Gasteiger partial charge in [0.05, 0.1) is 13.2 Å². The van der Waals surface area contributed by atoms with Gasteiger partial charge >= 0.3 is 0 Å². The van der Waals surface area contributed by atoms with Gasteiger partial charge in [0.15, 0.2) is 11.6 Å². The Labute approximate surface area is 133 Å². The average molecular weight is 400 g/mol. The van der Waals surface area contributed by atoms with Gasteiger partial charge in [0.1, 0.15) is 0 Å². The van der Waals surface area contributed by atoms with Crippen LogP contribution in [-0.2, 0) is 14.2 Å². The van der Waals surface area contributed by atoms with Crippen LogP contribution in [0.5, 0.6) is 0 Å². The summed E-state index contributed by atoms with van der Waals surface area (Å²) in [6.45, 7) is 1.61. The summed E-state index contributed by atoms with van der Waals surface area (Å²) in [6.07, 6.45) is 8.37. The Morgan fingerprint density at radius 2 is 1.26 bits per heavy atom. The molecule has 3 nitrogen and oxygen atoms in total. The van der Waals surface area contributed by atoms with E-state index in [0.29, 0.717) is 0 Å². The standard InChI is InChI=1S/C14H24Br2O3/c15-9-7-13(5-1-3-11-17-13)19-14(8-10-16)6-2-4-12-18-14/h1-12H2. The van der Waals surface area contributed by atoms with Gasteiger partial charge in [0.25, 0.3) is 0 Å². The summed E-state index contributed by atoms with van der Waals surface area (Å²) in [4.78, 5) is 0. The monoisotopic (exact) mass is 398 g/mol. The number of halogens is 2. The lowest BCUT2D eigenvalue weighted by atomic mass is 9.99. The maximum atomic E-state index is 6.48. The molecular formula is C14H24Br2O3. The fourth-order valence-corrected chi connectivity index (χ4v) is 4.15. The molecule has 0 amide bonds. The highest BCUT2D eigenvalue weighted by molar-refractivity contribution is 9.09. The van der Waals surface area contributed by atoms with Crippen LogP contribution in [0.15, 0.2) is 0 Å². The largest absolute Gasteiger partial charge is 0.350 e. The minimum atomic E-state index is -0.443.